The molecule has 4 aromatic rings. The van der Waals surface area contributed by atoms with E-state index in [9.17, 15) is 9.59 Å². The molecule has 4 rings (SSSR count). The van der Waals surface area contributed by atoms with Crippen molar-refractivity contribution in [3.8, 4) is 5.69 Å². The van der Waals surface area contributed by atoms with Crippen molar-refractivity contribution in [2.75, 3.05) is 0 Å². The fourth-order valence-electron chi connectivity index (χ4n) is 3.57. The smallest absolute Gasteiger partial charge is 0.264 e. The number of hydrogen-bond donors (Lipinski definition) is 1. The molecule has 0 spiro atoms. The monoisotopic (exact) mass is 417 g/mol. The van der Waals surface area contributed by atoms with Crippen LogP contribution in [0, 0.1) is 6.92 Å². The third-order valence-corrected chi connectivity index (χ3v) is 5.40. The molecule has 30 heavy (non-hydrogen) atoms. The molecule has 2 aromatic heterocycles. The van der Waals surface area contributed by atoms with Gasteiger partial charge < -0.3 is 5.32 Å². The fourth-order valence-corrected chi connectivity index (χ4v) is 3.84. The van der Waals surface area contributed by atoms with Crippen LogP contribution in [-0.2, 0) is 0 Å². The van der Waals surface area contributed by atoms with Gasteiger partial charge in [0.2, 0.25) is 0 Å². The number of aromatic nitrogens is 2. The Morgan fingerprint density at radius 3 is 2.57 bits per heavy atom. The third kappa shape index (κ3) is 3.60. The summed E-state index contributed by atoms with van der Waals surface area (Å²) in [6.45, 7) is 3.64. The second kappa shape index (κ2) is 8.13. The van der Waals surface area contributed by atoms with Gasteiger partial charge in [-0.15, -0.1) is 0 Å². The normalized spacial score (nSPS) is 12.0. The number of rotatable bonds is 4. The number of nitrogens with zero attached hydrogens (tertiary/aromatic N) is 2. The zero-order chi connectivity index (χ0) is 21.3. The topological polar surface area (TPSA) is 64.0 Å². The van der Waals surface area contributed by atoms with Crippen LogP contribution < -0.4 is 10.9 Å². The van der Waals surface area contributed by atoms with Gasteiger partial charge in [-0.3, -0.25) is 19.1 Å². The predicted molar refractivity (Wildman–Crippen MR) is 119 cm³/mol. The van der Waals surface area contributed by atoms with E-state index in [-0.39, 0.29) is 11.5 Å². The minimum Gasteiger partial charge on any atom is -0.344 e. The van der Waals surface area contributed by atoms with E-state index >= 15 is 0 Å². The molecule has 0 fully saturated rings. The molecule has 1 N–H and O–H groups in total. The highest BCUT2D eigenvalue weighted by Crippen LogP contribution is 2.25. The van der Waals surface area contributed by atoms with Gasteiger partial charge in [0.05, 0.1) is 22.0 Å². The number of nitrogens with one attached hydrogen (secondary N) is 1. The number of para-hydroxylation sites is 1. The standard InChI is InChI=1S/C24H20ClN3O2/c1-15-19(11-7-13-26-15)23(29)27-16(2)21-14-17-8-6-12-20(25)22(17)24(30)28(21)18-9-4-3-5-10-18/h3-14,16H,1-2H3,(H,27,29)/t16-/m0/s1. The lowest BCUT2D eigenvalue weighted by Gasteiger charge is -2.21. The van der Waals surface area contributed by atoms with Crippen LogP contribution in [0.4, 0.5) is 0 Å². The molecule has 2 aromatic carbocycles. The van der Waals surface area contributed by atoms with Gasteiger partial charge in [-0.1, -0.05) is 41.9 Å². The molecule has 2 heterocycles. The SMILES string of the molecule is Cc1ncccc1C(=O)N[C@@H](C)c1cc2cccc(Cl)c2c(=O)n1-c1ccccc1. The summed E-state index contributed by atoms with van der Waals surface area (Å²) in [6, 6.07) is 19.6. The second-order valence-corrected chi connectivity index (χ2v) is 7.49. The minimum atomic E-state index is -0.437. The maximum Gasteiger partial charge on any atom is 0.264 e. The molecule has 0 saturated heterocycles. The highest BCUT2D eigenvalue weighted by Gasteiger charge is 2.20. The van der Waals surface area contributed by atoms with Crippen LogP contribution in [0.1, 0.15) is 34.7 Å². The molecule has 1 amide bonds. The number of amides is 1. The Hall–Kier alpha value is -3.44. The number of halogens is 1. The molecule has 5 nitrogen and oxygen atoms in total. The maximum atomic E-state index is 13.4. The van der Waals surface area contributed by atoms with Crippen molar-refractivity contribution in [1.29, 1.82) is 0 Å². The van der Waals surface area contributed by atoms with Crippen molar-refractivity contribution in [2.45, 2.75) is 19.9 Å². The van der Waals surface area contributed by atoms with Crippen LogP contribution in [0.5, 0.6) is 0 Å². The van der Waals surface area contributed by atoms with Gasteiger partial charge >= 0.3 is 0 Å². The maximum absolute atomic E-state index is 13.4. The summed E-state index contributed by atoms with van der Waals surface area (Å²) in [5, 5.41) is 4.58. The summed E-state index contributed by atoms with van der Waals surface area (Å²) in [7, 11) is 0. The summed E-state index contributed by atoms with van der Waals surface area (Å²) in [6.07, 6.45) is 1.65. The van der Waals surface area contributed by atoms with Crippen molar-refractivity contribution in [3.05, 3.63) is 105 Å². The van der Waals surface area contributed by atoms with Gasteiger partial charge in [-0.05, 0) is 55.6 Å². The van der Waals surface area contributed by atoms with Crippen LogP contribution in [0.15, 0.2) is 77.7 Å². The van der Waals surface area contributed by atoms with Gasteiger partial charge in [-0.2, -0.15) is 0 Å². The number of benzene rings is 2. The molecule has 0 aliphatic heterocycles. The zero-order valence-corrected chi connectivity index (χ0v) is 17.4. The van der Waals surface area contributed by atoms with Crippen molar-refractivity contribution in [1.82, 2.24) is 14.9 Å². The lowest BCUT2D eigenvalue weighted by Crippen LogP contribution is -2.32. The number of pyridine rings is 2. The van der Waals surface area contributed by atoms with Crippen LogP contribution in [-0.4, -0.2) is 15.5 Å². The summed E-state index contributed by atoms with van der Waals surface area (Å²) < 4.78 is 1.61. The summed E-state index contributed by atoms with van der Waals surface area (Å²) in [5.74, 6) is -0.244. The Morgan fingerprint density at radius 1 is 1.07 bits per heavy atom. The summed E-state index contributed by atoms with van der Waals surface area (Å²) >= 11 is 6.35. The molecular formula is C24H20ClN3O2. The number of hydrogen-bond acceptors (Lipinski definition) is 3. The molecule has 150 valence electrons. The molecule has 0 bridgehead atoms. The molecule has 6 heteroatoms. The van der Waals surface area contributed by atoms with Crippen molar-refractivity contribution >= 4 is 28.3 Å². The van der Waals surface area contributed by atoms with Crippen LogP contribution in [0.3, 0.4) is 0 Å². The highest BCUT2D eigenvalue weighted by atomic mass is 35.5. The molecule has 0 radical (unpaired) electrons. The van der Waals surface area contributed by atoms with Crippen molar-refractivity contribution in [2.24, 2.45) is 0 Å². The molecule has 0 saturated carbocycles. The average Bonchev–Trinajstić information content (AvgIpc) is 2.74. The Bertz CT molecular complexity index is 1300. The Kier molecular flexibility index (Phi) is 5.38. The Labute approximate surface area is 179 Å². The quantitative estimate of drug-likeness (QED) is 0.516. The zero-order valence-electron chi connectivity index (χ0n) is 16.6. The minimum absolute atomic E-state index is 0.224. The average molecular weight is 418 g/mol. The molecule has 1 atom stereocenters. The van der Waals surface area contributed by atoms with Gasteiger partial charge in [-0.25, -0.2) is 0 Å². The van der Waals surface area contributed by atoms with Gasteiger partial charge in [0.15, 0.2) is 0 Å². The van der Waals surface area contributed by atoms with Crippen molar-refractivity contribution in [3.63, 3.8) is 0 Å². The number of aryl methyl sites for hydroxylation is 1. The van der Waals surface area contributed by atoms with E-state index < -0.39 is 6.04 Å². The van der Waals surface area contributed by atoms with Crippen LogP contribution in [0.2, 0.25) is 5.02 Å². The Balaban J connectivity index is 1.86. The Morgan fingerprint density at radius 2 is 1.83 bits per heavy atom. The molecule has 0 aliphatic rings. The lowest BCUT2D eigenvalue weighted by molar-refractivity contribution is 0.0937. The van der Waals surface area contributed by atoms with E-state index in [0.29, 0.717) is 33.0 Å². The number of carbonyl (C=O) groups excluding carboxylic acids is 1. The van der Waals surface area contributed by atoms with E-state index in [2.05, 4.69) is 10.3 Å². The first-order valence-corrected chi connectivity index (χ1v) is 9.97. The molecule has 0 unspecified atom stereocenters. The van der Waals surface area contributed by atoms with E-state index in [1.807, 2.05) is 55.5 Å². The van der Waals surface area contributed by atoms with Crippen LogP contribution in [0.25, 0.3) is 16.5 Å². The lowest BCUT2D eigenvalue weighted by atomic mass is 10.1. The summed E-state index contributed by atoms with van der Waals surface area (Å²) in [4.78, 5) is 30.5. The third-order valence-electron chi connectivity index (χ3n) is 5.08. The van der Waals surface area contributed by atoms with E-state index in [1.165, 1.54) is 0 Å². The van der Waals surface area contributed by atoms with E-state index in [1.54, 1.807) is 35.9 Å². The van der Waals surface area contributed by atoms with Crippen molar-refractivity contribution < 1.29 is 4.79 Å². The second-order valence-electron chi connectivity index (χ2n) is 7.08. The first-order valence-electron chi connectivity index (χ1n) is 9.59. The van der Waals surface area contributed by atoms with Gasteiger partial charge in [0.25, 0.3) is 11.5 Å². The highest BCUT2D eigenvalue weighted by molar-refractivity contribution is 6.35. The first-order chi connectivity index (χ1) is 14.5. The predicted octanol–water partition coefficient (Wildman–Crippen LogP) is 4.84. The fraction of sp³-hybridized carbons (Fsp3) is 0.125. The van der Waals surface area contributed by atoms with Crippen LogP contribution >= 0.6 is 11.6 Å². The van der Waals surface area contributed by atoms with Gasteiger partial charge in [0, 0.05) is 23.3 Å². The van der Waals surface area contributed by atoms with Gasteiger partial charge in [0.1, 0.15) is 0 Å². The van der Waals surface area contributed by atoms with E-state index in [0.717, 1.165) is 5.39 Å². The van der Waals surface area contributed by atoms with E-state index in [4.69, 9.17) is 11.6 Å². The largest absolute Gasteiger partial charge is 0.344 e. The first kappa shape index (κ1) is 19.9. The summed E-state index contributed by atoms with van der Waals surface area (Å²) in [5.41, 5.74) is 2.29. The molecular weight excluding hydrogens is 398 g/mol. The number of fused-ring (bicyclic) bond motifs is 1. The molecule has 0 aliphatic carbocycles. The number of carbonyl (C=O) groups is 1.